The van der Waals surface area contributed by atoms with Gasteiger partial charge >= 0.3 is 0 Å². The van der Waals surface area contributed by atoms with Gasteiger partial charge in [0.1, 0.15) is 11.5 Å². The number of rotatable bonds is 9. The molecule has 1 N–H and O–H groups in total. The Labute approximate surface area is 174 Å². The average molecular weight is 415 g/mol. The lowest BCUT2D eigenvalue weighted by molar-refractivity contribution is -0.116. The molecule has 152 valence electrons. The van der Waals surface area contributed by atoms with Crippen LogP contribution in [-0.4, -0.2) is 24.1 Å². The highest BCUT2D eigenvalue weighted by molar-refractivity contribution is 6.30. The van der Waals surface area contributed by atoms with Gasteiger partial charge in [-0.3, -0.25) is 4.79 Å². The number of hydrogen-bond donors (Lipinski definition) is 1. The standard InChI is InChI=1S/C22H23ClN2O4/c1-3-27-17-9-10-19(28-4-2)18(13-17)25-21(26)11-12-22-24-14-20(29-22)15-5-7-16(23)8-6-15/h5-10,13-14H,3-4,11-12H2,1-2H3,(H,25,26). The fraction of sp³-hybridized carbons (Fsp3) is 0.273. The number of nitrogens with zero attached hydrogens (tertiary/aromatic N) is 1. The van der Waals surface area contributed by atoms with Gasteiger partial charge < -0.3 is 19.2 Å². The maximum Gasteiger partial charge on any atom is 0.224 e. The smallest absolute Gasteiger partial charge is 0.224 e. The van der Waals surface area contributed by atoms with Crippen LogP contribution in [0, 0.1) is 0 Å². The number of benzene rings is 2. The van der Waals surface area contributed by atoms with Crippen LogP contribution in [0.25, 0.3) is 11.3 Å². The molecule has 3 aromatic rings. The molecule has 0 saturated carbocycles. The van der Waals surface area contributed by atoms with Crippen LogP contribution < -0.4 is 14.8 Å². The van der Waals surface area contributed by atoms with Crippen molar-refractivity contribution in [3.8, 4) is 22.8 Å². The molecule has 3 rings (SSSR count). The Kier molecular flexibility index (Phi) is 7.14. The van der Waals surface area contributed by atoms with E-state index in [9.17, 15) is 4.79 Å². The molecule has 0 aliphatic carbocycles. The fourth-order valence-corrected chi connectivity index (χ4v) is 2.88. The van der Waals surface area contributed by atoms with E-state index >= 15 is 0 Å². The summed E-state index contributed by atoms with van der Waals surface area (Å²) in [7, 11) is 0. The number of hydrogen-bond acceptors (Lipinski definition) is 5. The largest absolute Gasteiger partial charge is 0.494 e. The summed E-state index contributed by atoms with van der Waals surface area (Å²) >= 11 is 5.91. The van der Waals surface area contributed by atoms with Gasteiger partial charge in [0.2, 0.25) is 5.91 Å². The van der Waals surface area contributed by atoms with Crippen molar-refractivity contribution in [1.82, 2.24) is 4.98 Å². The predicted molar refractivity (Wildman–Crippen MR) is 113 cm³/mol. The highest BCUT2D eigenvalue weighted by Gasteiger charge is 2.12. The summed E-state index contributed by atoms with van der Waals surface area (Å²) in [5.74, 6) is 2.25. The molecule has 29 heavy (non-hydrogen) atoms. The Morgan fingerprint density at radius 3 is 2.59 bits per heavy atom. The minimum absolute atomic E-state index is 0.161. The number of aromatic nitrogens is 1. The monoisotopic (exact) mass is 414 g/mol. The van der Waals surface area contributed by atoms with Crippen molar-refractivity contribution < 1.29 is 18.7 Å². The fourth-order valence-electron chi connectivity index (χ4n) is 2.75. The summed E-state index contributed by atoms with van der Waals surface area (Å²) in [6, 6.07) is 12.7. The van der Waals surface area contributed by atoms with Crippen molar-refractivity contribution in [2.24, 2.45) is 0 Å². The minimum atomic E-state index is -0.161. The second-order valence-corrected chi connectivity index (χ2v) is 6.63. The van der Waals surface area contributed by atoms with E-state index in [4.69, 9.17) is 25.5 Å². The van der Waals surface area contributed by atoms with Crippen molar-refractivity contribution in [2.75, 3.05) is 18.5 Å². The normalized spacial score (nSPS) is 10.6. The van der Waals surface area contributed by atoms with E-state index in [0.717, 1.165) is 5.56 Å². The average Bonchev–Trinajstić information content (AvgIpc) is 3.18. The number of anilines is 1. The van der Waals surface area contributed by atoms with Gasteiger partial charge in [-0.15, -0.1) is 0 Å². The van der Waals surface area contributed by atoms with Crippen LogP contribution in [0.3, 0.4) is 0 Å². The molecule has 2 aromatic carbocycles. The van der Waals surface area contributed by atoms with Gasteiger partial charge in [-0.25, -0.2) is 4.98 Å². The Bertz CT molecular complexity index is 954. The number of halogens is 1. The molecular formula is C22H23ClN2O4. The maximum atomic E-state index is 12.4. The first kappa shape index (κ1) is 20.7. The summed E-state index contributed by atoms with van der Waals surface area (Å²) in [5.41, 5.74) is 1.46. The van der Waals surface area contributed by atoms with Crippen LogP contribution in [-0.2, 0) is 11.2 Å². The van der Waals surface area contributed by atoms with E-state index in [1.807, 2.05) is 32.0 Å². The molecule has 0 aliphatic rings. The second kappa shape index (κ2) is 9.98. The van der Waals surface area contributed by atoms with Gasteiger partial charge in [-0.2, -0.15) is 0 Å². The first-order valence-electron chi connectivity index (χ1n) is 9.49. The molecule has 1 amide bonds. The van der Waals surface area contributed by atoms with Gasteiger partial charge in [-0.1, -0.05) is 11.6 Å². The molecule has 0 radical (unpaired) electrons. The zero-order valence-corrected chi connectivity index (χ0v) is 17.2. The lowest BCUT2D eigenvalue weighted by Gasteiger charge is -2.13. The third-order valence-electron chi connectivity index (χ3n) is 4.08. The van der Waals surface area contributed by atoms with E-state index in [1.165, 1.54) is 0 Å². The van der Waals surface area contributed by atoms with Gasteiger partial charge in [0.25, 0.3) is 0 Å². The molecule has 0 atom stereocenters. The van der Waals surface area contributed by atoms with Gasteiger partial charge in [0, 0.05) is 29.5 Å². The number of carbonyl (C=O) groups excluding carboxylic acids is 1. The summed E-state index contributed by atoms with van der Waals surface area (Å²) < 4.78 is 16.8. The van der Waals surface area contributed by atoms with Crippen LogP contribution in [0.4, 0.5) is 5.69 Å². The van der Waals surface area contributed by atoms with Crippen molar-refractivity contribution >= 4 is 23.2 Å². The SMILES string of the molecule is CCOc1ccc(OCC)c(NC(=O)CCc2ncc(-c3ccc(Cl)cc3)o2)c1. The molecule has 0 spiro atoms. The predicted octanol–water partition coefficient (Wildman–Crippen LogP) is 5.36. The highest BCUT2D eigenvalue weighted by Crippen LogP contribution is 2.30. The van der Waals surface area contributed by atoms with E-state index in [1.54, 1.807) is 30.5 Å². The van der Waals surface area contributed by atoms with Crippen molar-refractivity contribution in [3.63, 3.8) is 0 Å². The van der Waals surface area contributed by atoms with Crippen molar-refractivity contribution in [2.45, 2.75) is 26.7 Å². The number of carbonyl (C=O) groups is 1. The van der Waals surface area contributed by atoms with Crippen LogP contribution in [0.15, 0.2) is 53.1 Å². The molecule has 0 saturated heterocycles. The zero-order chi connectivity index (χ0) is 20.6. The molecule has 1 aromatic heterocycles. The van der Waals surface area contributed by atoms with Crippen molar-refractivity contribution in [3.05, 3.63) is 59.6 Å². The Hall–Kier alpha value is -2.99. The van der Waals surface area contributed by atoms with Gasteiger partial charge in [-0.05, 0) is 50.2 Å². The van der Waals surface area contributed by atoms with Gasteiger partial charge in [0.15, 0.2) is 11.7 Å². The van der Waals surface area contributed by atoms with Gasteiger partial charge in [0.05, 0.1) is 25.1 Å². The summed E-state index contributed by atoms with van der Waals surface area (Å²) in [4.78, 5) is 16.7. The van der Waals surface area contributed by atoms with Crippen LogP contribution >= 0.6 is 11.6 Å². The number of oxazole rings is 1. The minimum Gasteiger partial charge on any atom is -0.494 e. The number of amides is 1. The molecule has 0 unspecified atom stereocenters. The third kappa shape index (κ3) is 5.74. The van der Waals surface area contributed by atoms with Crippen LogP contribution in [0.1, 0.15) is 26.2 Å². The Balaban J connectivity index is 1.61. The number of nitrogens with one attached hydrogen (secondary N) is 1. The summed E-state index contributed by atoms with van der Waals surface area (Å²) in [6.07, 6.45) is 2.26. The highest BCUT2D eigenvalue weighted by atomic mass is 35.5. The number of aryl methyl sites for hydroxylation is 1. The molecule has 0 fully saturated rings. The molecule has 0 bridgehead atoms. The summed E-state index contributed by atoms with van der Waals surface area (Å²) in [6.45, 7) is 4.84. The maximum absolute atomic E-state index is 12.4. The van der Waals surface area contributed by atoms with E-state index < -0.39 is 0 Å². The molecule has 0 aliphatic heterocycles. The Morgan fingerprint density at radius 2 is 1.86 bits per heavy atom. The van der Waals surface area contributed by atoms with E-state index in [0.29, 0.717) is 53.5 Å². The van der Waals surface area contributed by atoms with E-state index in [-0.39, 0.29) is 12.3 Å². The first-order valence-corrected chi connectivity index (χ1v) is 9.87. The quantitative estimate of drug-likeness (QED) is 0.510. The van der Waals surface area contributed by atoms with Crippen LogP contribution in [0.2, 0.25) is 5.02 Å². The van der Waals surface area contributed by atoms with Crippen LogP contribution in [0.5, 0.6) is 11.5 Å². The molecule has 1 heterocycles. The zero-order valence-electron chi connectivity index (χ0n) is 16.4. The first-order chi connectivity index (χ1) is 14.1. The molecular weight excluding hydrogens is 392 g/mol. The Morgan fingerprint density at radius 1 is 1.10 bits per heavy atom. The molecule has 6 nitrogen and oxygen atoms in total. The summed E-state index contributed by atoms with van der Waals surface area (Å²) in [5, 5.41) is 3.54. The second-order valence-electron chi connectivity index (χ2n) is 6.20. The van der Waals surface area contributed by atoms with Crippen molar-refractivity contribution in [1.29, 1.82) is 0 Å². The lowest BCUT2D eigenvalue weighted by Crippen LogP contribution is -2.13. The molecule has 7 heteroatoms. The van der Waals surface area contributed by atoms with E-state index in [2.05, 4.69) is 10.3 Å². The lowest BCUT2D eigenvalue weighted by atomic mass is 10.2. The third-order valence-corrected chi connectivity index (χ3v) is 4.34. The topological polar surface area (TPSA) is 73.6 Å². The number of ether oxygens (including phenoxy) is 2.